The van der Waals surface area contributed by atoms with Gasteiger partial charge < -0.3 is 0 Å². The van der Waals surface area contributed by atoms with Gasteiger partial charge in [-0.3, -0.25) is 0 Å². The number of rotatable bonds is 0. The molecule has 1 heteroatoms. The molecule has 0 atom stereocenters. The van der Waals surface area contributed by atoms with Crippen LogP contribution in [-0.4, -0.2) is 0 Å². The maximum Gasteiger partial charge on any atom is 0.131 e. The molecule has 0 spiro atoms. The molecule has 0 aliphatic heterocycles. The molecule has 2 aromatic carbocycles. The lowest BCUT2D eigenvalue weighted by atomic mass is 9.73. The lowest BCUT2D eigenvalue weighted by Crippen LogP contribution is -2.22. The molecule has 0 bridgehead atoms. The fraction of sp³-hybridized carbons (Fsp3) is 0.444. The smallest absolute Gasteiger partial charge is 0.131 e. The van der Waals surface area contributed by atoms with Gasteiger partial charge >= 0.3 is 0 Å². The minimum absolute atomic E-state index is 0.00405. The number of hydrogen-bond acceptors (Lipinski definition) is 0. The predicted octanol–water partition coefficient (Wildman–Crippen LogP) is 5.57. The first-order valence-electron chi connectivity index (χ1n) is 6.84. The summed E-state index contributed by atoms with van der Waals surface area (Å²) in [6.07, 6.45) is 0. The van der Waals surface area contributed by atoms with Crippen molar-refractivity contribution in [3.8, 4) is 0 Å². The van der Waals surface area contributed by atoms with Crippen molar-refractivity contribution in [1.29, 1.82) is 0 Å². The zero-order valence-electron chi connectivity index (χ0n) is 12.8. The third kappa shape index (κ3) is 2.51. The van der Waals surface area contributed by atoms with Crippen molar-refractivity contribution in [3.63, 3.8) is 0 Å². The zero-order valence-corrected chi connectivity index (χ0v) is 12.8. The van der Waals surface area contributed by atoms with Crippen molar-refractivity contribution >= 4 is 10.8 Å². The van der Waals surface area contributed by atoms with E-state index in [9.17, 15) is 4.39 Å². The summed E-state index contributed by atoms with van der Waals surface area (Å²) in [5, 5.41) is 1.76. The fourth-order valence-electron chi connectivity index (χ4n) is 2.75. The van der Waals surface area contributed by atoms with Crippen molar-refractivity contribution in [2.24, 2.45) is 0 Å². The number of fused-ring (bicyclic) bond motifs is 1. The highest BCUT2D eigenvalue weighted by molar-refractivity contribution is 5.88. The molecule has 0 aliphatic rings. The van der Waals surface area contributed by atoms with Gasteiger partial charge in [0.25, 0.3) is 0 Å². The predicted molar refractivity (Wildman–Crippen MR) is 81.3 cm³/mol. The highest BCUT2D eigenvalue weighted by atomic mass is 19.1. The van der Waals surface area contributed by atoms with Crippen LogP contribution in [0.5, 0.6) is 0 Å². The summed E-state index contributed by atoms with van der Waals surface area (Å²) in [7, 11) is 0. The Bertz CT molecular complexity index is 610. The first-order valence-corrected chi connectivity index (χ1v) is 6.84. The maximum atomic E-state index is 14.0. The third-order valence-electron chi connectivity index (χ3n) is 3.57. The van der Waals surface area contributed by atoms with Crippen LogP contribution in [0.3, 0.4) is 0 Å². The Morgan fingerprint density at radius 1 is 0.737 bits per heavy atom. The van der Waals surface area contributed by atoms with E-state index in [4.69, 9.17) is 0 Å². The third-order valence-corrected chi connectivity index (χ3v) is 3.57. The summed E-state index contributed by atoms with van der Waals surface area (Å²) < 4.78 is 14.0. The minimum Gasteiger partial charge on any atom is -0.206 e. The van der Waals surface area contributed by atoms with Crippen LogP contribution in [0.2, 0.25) is 0 Å². The molecule has 0 amide bonds. The van der Waals surface area contributed by atoms with Gasteiger partial charge in [0.2, 0.25) is 0 Å². The van der Waals surface area contributed by atoms with Crippen molar-refractivity contribution in [1.82, 2.24) is 0 Å². The SMILES string of the molecule is CC(C)(C)c1ccc2c(F)cccc2c1C(C)(C)C. The molecular formula is C18H23F. The monoisotopic (exact) mass is 258 g/mol. The molecule has 0 saturated heterocycles. The van der Waals surface area contributed by atoms with Crippen molar-refractivity contribution in [3.05, 3.63) is 47.3 Å². The average Bonchev–Trinajstić information content (AvgIpc) is 2.25. The maximum absolute atomic E-state index is 14.0. The molecule has 0 aliphatic carbocycles. The molecule has 19 heavy (non-hydrogen) atoms. The summed E-state index contributed by atoms with van der Waals surface area (Å²) in [4.78, 5) is 0. The molecule has 0 fully saturated rings. The van der Waals surface area contributed by atoms with Crippen molar-refractivity contribution in [2.75, 3.05) is 0 Å². The van der Waals surface area contributed by atoms with Gasteiger partial charge in [-0.15, -0.1) is 0 Å². The van der Waals surface area contributed by atoms with Gasteiger partial charge in [-0.05, 0) is 33.4 Å². The van der Waals surface area contributed by atoms with E-state index in [1.165, 1.54) is 17.2 Å². The van der Waals surface area contributed by atoms with Crippen LogP contribution in [0.1, 0.15) is 52.7 Å². The topological polar surface area (TPSA) is 0 Å². The molecule has 102 valence electrons. The van der Waals surface area contributed by atoms with Gasteiger partial charge in [0.05, 0.1) is 0 Å². The van der Waals surface area contributed by atoms with E-state index >= 15 is 0 Å². The largest absolute Gasteiger partial charge is 0.206 e. The average molecular weight is 258 g/mol. The summed E-state index contributed by atoms with van der Waals surface area (Å²) in [6, 6.07) is 9.38. The van der Waals surface area contributed by atoms with E-state index in [2.05, 4.69) is 47.6 Å². The van der Waals surface area contributed by atoms with Crippen LogP contribution >= 0.6 is 0 Å². The molecular weight excluding hydrogens is 235 g/mol. The number of hydrogen-bond donors (Lipinski definition) is 0. The Morgan fingerprint density at radius 2 is 1.37 bits per heavy atom. The second-order valence-electron chi connectivity index (χ2n) is 7.32. The van der Waals surface area contributed by atoms with E-state index in [1.54, 1.807) is 6.07 Å². The van der Waals surface area contributed by atoms with E-state index in [-0.39, 0.29) is 16.6 Å². The molecule has 0 unspecified atom stereocenters. The highest BCUT2D eigenvalue weighted by Crippen LogP contribution is 2.39. The van der Waals surface area contributed by atoms with Crippen LogP contribution in [-0.2, 0) is 10.8 Å². The second kappa shape index (κ2) is 4.33. The fourth-order valence-corrected chi connectivity index (χ4v) is 2.75. The van der Waals surface area contributed by atoms with Crippen molar-refractivity contribution < 1.29 is 4.39 Å². The van der Waals surface area contributed by atoms with Crippen molar-refractivity contribution in [2.45, 2.75) is 52.4 Å². The van der Waals surface area contributed by atoms with Gasteiger partial charge in [-0.2, -0.15) is 0 Å². The number of benzene rings is 2. The molecule has 0 heterocycles. The van der Waals surface area contributed by atoms with E-state index < -0.39 is 0 Å². The highest BCUT2D eigenvalue weighted by Gasteiger charge is 2.27. The second-order valence-corrected chi connectivity index (χ2v) is 7.32. The Morgan fingerprint density at radius 3 is 1.89 bits per heavy atom. The van der Waals surface area contributed by atoms with Crippen LogP contribution in [0.25, 0.3) is 10.8 Å². The van der Waals surface area contributed by atoms with E-state index in [1.807, 2.05) is 12.1 Å². The Balaban J connectivity index is 2.94. The minimum atomic E-state index is -0.136. The Hall–Kier alpha value is -1.37. The standard InChI is InChI=1S/C18H23F/c1-17(2,3)14-11-10-12-13(8-7-9-15(12)19)16(14)18(4,5)6/h7-11H,1-6H3. The quantitative estimate of drug-likeness (QED) is 0.579. The summed E-state index contributed by atoms with van der Waals surface area (Å²) in [5.74, 6) is -0.136. The molecule has 0 radical (unpaired) electrons. The van der Waals surface area contributed by atoms with E-state index in [0.29, 0.717) is 0 Å². The molecule has 2 aromatic rings. The lowest BCUT2D eigenvalue weighted by Gasteiger charge is -2.31. The molecule has 0 aromatic heterocycles. The van der Waals surface area contributed by atoms with E-state index in [0.717, 1.165) is 10.8 Å². The van der Waals surface area contributed by atoms with Crippen LogP contribution in [0, 0.1) is 5.82 Å². The normalized spacial score (nSPS) is 13.0. The van der Waals surface area contributed by atoms with Crippen LogP contribution < -0.4 is 0 Å². The van der Waals surface area contributed by atoms with Gasteiger partial charge in [-0.1, -0.05) is 65.8 Å². The van der Waals surface area contributed by atoms with Gasteiger partial charge in [0.1, 0.15) is 5.82 Å². The van der Waals surface area contributed by atoms with Gasteiger partial charge in [0, 0.05) is 5.39 Å². The van der Waals surface area contributed by atoms with Gasteiger partial charge in [-0.25, -0.2) is 4.39 Å². The lowest BCUT2D eigenvalue weighted by molar-refractivity contribution is 0.534. The van der Waals surface area contributed by atoms with Gasteiger partial charge in [0.15, 0.2) is 0 Å². The summed E-state index contributed by atoms with van der Waals surface area (Å²) in [6.45, 7) is 13.2. The Labute approximate surface area is 115 Å². The van der Waals surface area contributed by atoms with Crippen LogP contribution in [0.15, 0.2) is 30.3 Å². The first kappa shape index (κ1) is 14.0. The molecule has 0 N–H and O–H groups in total. The summed E-state index contributed by atoms with van der Waals surface area (Å²) >= 11 is 0. The first-order chi connectivity index (χ1) is 8.62. The summed E-state index contributed by atoms with van der Waals surface area (Å²) in [5.41, 5.74) is 2.62. The molecule has 0 nitrogen and oxygen atoms in total. The van der Waals surface area contributed by atoms with Crippen LogP contribution in [0.4, 0.5) is 4.39 Å². The zero-order chi connectivity index (χ0) is 14.4. The molecule has 0 saturated carbocycles. The molecule has 2 rings (SSSR count). The number of halogens is 1. The Kier molecular flexibility index (Phi) is 3.20.